The van der Waals surface area contributed by atoms with E-state index in [2.05, 4.69) is 26.1 Å². The zero-order chi connectivity index (χ0) is 13.7. The number of aliphatic hydroxyl groups excluding tert-OH is 1. The average Bonchev–Trinajstić information content (AvgIpc) is 2.71. The fourth-order valence-electron chi connectivity index (χ4n) is 5.17. The van der Waals surface area contributed by atoms with E-state index in [4.69, 9.17) is 0 Å². The fraction of sp³-hybridized carbons (Fsp3) is 1.00. The molecule has 0 saturated heterocycles. The van der Waals surface area contributed by atoms with Crippen molar-refractivity contribution in [3.8, 4) is 0 Å². The first-order chi connectivity index (χ1) is 8.93. The van der Waals surface area contributed by atoms with Gasteiger partial charge in [-0.25, -0.2) is 0 Å². The van der Waals surface area contributed by atoms with Crippen LogP contribution in [-0.4, -0.2) is 23.8 Å². The molecule has 3 saturated carbocycles. The minimum atomic E-state index is -0.0183. The Kier molecular flexibility index (Phi) is 3.46. The Morgan fingerprint density at radius 3 is 2.26 bits per heavy atom. The van der Waals surface area contributed by atoms with Gasteiger partial charge in [-0.1, -0.05) is 20.8 Å². The average molecular weight is 265 g/mol. The Bertz CT molecular complexity index is 332. The highest BCUT2D eigenvalue weighted by atomic mass is 16.3. The summed E-state index contributed by atoms with van der Waals surface area (Å²) in [7, 11) is 0. The Morgan fingerprint density at radius 2 is 1.74 bits per heavy atom. The largest absolute Gasteiger partial charge is 0.393 e. The van der Waals surface area contributed by atoms with Gasteiger partial charge in [0.1, 0.15) is 0 Å². The predicted octanol–water partition coefficient (Wildman–Crippen LogP) is 3.34. The first-order valence-electron chi connectivity index (χ1n) is 8.35. The summed E-state index contributed by atoms with van der Waals surface area (Å²) in [6, 6.07) is 0.730. The summed E-state index contributed by atoms with van der Waals surface area (Å²) in [6.45, 7) is 8.67. The van der Waals surface area contributed by atoms with Gasteiger partial charge in [-0.3, -0.25) is 0 Å². The van der Waals surface area contributed by atoms with Crippen LogP contribution in [0, 0.1) is 22.7 Å². The minimum Gasteiger partial charge on any atom is -0.393 e. The van der Waals surface area contributed by atoms with Gasteiger partial charge in [0.15, 0.2) is 0 Å². The summed E-state index contributed by atoms with van der Waals surface area (Å²) >= 11 is 0. The standard InChI is InChI=1S/C17H31NO/c1-16(2)13-8-9-17(16,3)15(10-13)18-11-12-4-6-14(19)7-5-12/h12-15,18-19H,4-11H2,1-3H3. The summed E-state index contributed by atoms with van der Waals surface area (Å²) < 4.78 is 0. The number of rotatable bonds is 3. The van der Waals surface area contributed by atoms with Crippen molar-refractivity contribution in [3.63, 3.8) is 0 Å². The van der Waals surface area contributed by atoms with Crippen LogP contribution >= 0.6 is 0 Å². The SMILES string of the molecule is CC1(C)C2CCC1(C)C(NCC1CCC(O)CC1)C2. The van der Waals surface area contributed by atoms with Crippen LogP contribution < -0.4 is 5.32 Å². The molecule has 2 N–H and O–H groups in total. The van der Waals surface area contributed by atoms with Crippen LogP contribution in [0.3, 0.4) is 0 Å². The molecular formula is C17H31NO. The molecule has 3 unspecified atom stereocenters. The maximum absolute atomic E-state index is 9.58. The zero-order valence-corrected chi connectivity index (χ0v) is 12.9. The molecule has 3 atom stereocenters. The third-order valence-electron chi connectivity index (χ3n) is 7.26. The van der Waals surface area contributed by atoms with Gasteiger partial charge >= 0.3 is 0 Å². The van der Waals surface area contributed by atoms with Gasteiger partial charge < -0.3 is 10.4 Å². The molecule has 0 spiro atoms. The summed E-state index contributed by atoms with van der Waals surface area (Å²) in [6.07, 6.45) is 8.68. The summed E-state index contributed by atoms with van der Waals surface area (Å²) in [4.78, 5) is 0. The lowest BCUT2D eigenvalue weighted by Crippen LogP contribution is -2.46. The predicted molar refractivity (Wildman–Crippen MR) is 79.0 cm³/mol. The third kappa shape index (κ3) is 2.15. The quantitative estimate of drug-likeness (QED) is 0.820. The van der Waals surface area contributed by atoms with Crippen molar-refractivity contribution >= 4 is 0 Å². The van der Waals surface area contributed by atoms with Crippen molar-refractivity contribution in [1.82, 2.24) is 5.32 Å². The number of hydrogen-bond acceptors (Lipinski definition) is 2. The number of aliphatic hydroxyl groups is 1. The summed E-state index contributed by atoms with van der Waals surface area (Å²) in [5.41, 5.74) is 1.03. The lowest BCUT2D eigenvalue weighted by Gasteiger charge is -2.40. The topological polar surface area (TPSA) is 32.3 Å². The van der Waals surface area contributed by atoms with Gasteiger partial charge in [0, 0.05) is 6.04 Å². The van der Waals surface area contributed by atoms with Crippen LogP contribution in [0.15, 0.2) is 0 Å². The first kappa shape index (κ1) is 13.9. The first-order valence-corrected chi connectivity index (χ1v) is 8.35. The van der Waals surface area contributed by atoms with Crippen molar-refractivity contribution < 1.29 is 5.11 Å². The van der Waals surface area contributed by atoms with Gasteiger partial charge in [0.05, 0.1) is 6.10 Å². The smallest absolute Gasteiger partial charge is 0.0540 e. The van der Waals surface area contributed by atoms with E-state index in [0.717, 1.165) is 30.7 Å². The lowest BCUT2D eigenvalue weighted by molar-refractivity contribution is 0.0965. The molecule has 2 nitrogen and oxygen atoms in total. The van der Waals surface area contributed by atoms with Crippen LogP contribution in [0.25, 0.3) is 0 Å². The van der Waals surface area contributed by atoms with Crippen LogP contribution in [0.5, 0.6) is 0 Å². The van der Waals surface area contributed by atoms with Crippen molar-refractivity contribution in [3.05, 3.63) is 0 Å². The number of fused-ring (bicyclic) bond motifs is 2. The van der Waals surface area contributed by atoms with E-state index in [-0.39, 0.29) is 6.10 Å². The van der Waals surface area contributed by atoms with Crippen molar-refractivity contribution in [1.29, 1.82) is 0 Å². The van der Waals surface area contributed by atoms with E-state index >= 15 is 0 Å². The van der Waals surface area contributed by atoms with Crippen molar-refractivity contribution in [2.24, 2.45) is 22.7 Å². The monoisotopic (exact) mass is 265 g/mol. The lowest BCUT2D eigenvalue weighted by atomic mass is 9.69. The summed E-state index contributed by atoms with van der Waals surface area (Å²) in [5, 5.41) is 13.5. The molecule has 110 valence electrons. The van der Waals surface area contributed by atoms with Gasteiger partial charge in [0.2, 0.25) is 0 Å². The molecule has 19 heavy (non-hydrogen) atoms. The second-order valence-corrected chi connectivity index (χ2v) is 8.25. The Labute approximate surface area is 118 Å². The molecule has 3 aliphatic rings. The second kappa shape index (κ2) is 4.73. The van der Waals surface area contributed by atoms with Crippen LogP contribution in [-0.2, 0) is 0 Å². The van der Waals surface area contributed by atoms with Crippen LogP contribution in [0.2, 0.25) is 0 Å². The third-order valence-corrected chi connectivity index (χ3v) is 7.26. The molecule has 0 radical (unpaired) electrons. The maximum Gasteiger partial charge on any atom is 0.0540 e. The molecule has 2 bridgehead atoms. The molecule has 0 aromatic carbocycles. The van der Waals surface area contributed by atoms with E-state index in [1.54, 1.807) is 0 Å². The van der Waals surface area contributed by atoms with E-state index in [1.807, 2.05) is 0 Å². The van der Waals surface area contributed by atoms with Gasteiger partial charge in [-0.2, -0.15) is 0 Å². The second-order valence-electron chi connectivity index (χ2n) is 8.25. The number of nitrogens with one attached hydrogen (secondary N) is 1. The Hall–Kier alpha value is -0.0800. The zero-order valence-electron chi connectivity index (χ0n) is 12.9. The van der Waals surface area contributed by atoms with Crippen LogP contribution in [0.4, 0.5) is 0 Å². The highest BCUT2D eigenvalue weighted by molar-refractivity contribution is 5.13. The molecule has 0 amide bonds. The highest BCUT2D eigenvalue weighted by Crippen LogP contribution is 2.65. The van der Waals surface area contributed by atoms with E-state index in [0.29, 0.717) is 10.8 Å². The molecular weight excluding hydrogens is 234 g/mol. The molecule has 3 aliphatic carbocycles. The Morgan fingerprint density at radius 1 is 1.05 bits per heavy atom. The molecule has 0 heterocycles. The highest BCUT2D eigenvalue weighted by Gasteiger charge is 2.60. The van der Waals surface area contributed by atoms with Gasteiger partial charge in [-0.15, -0.1) is 0 Å². The maximum atomic E-state index is 9.58. The van der Waals surface area contributed by atoms with E-state index < -0.39 is 0 Å². The molecule has 0 aromatic rings. The fourth-order valence-corrected chi connectivity index (χ4v) is 5.17. The van der Waals surface area contributed by atoms with E-state index in [1.165, 1.54) is 38.6 Å². The van der Waals surface area contributed by atoms with Crippen molar-refractivity contribution in [2.75, 3.05) is 6.54 Å². The normalized spacial score (nSPS) is 48.6. The molecule has 3 rings (SSSR count). The minimum absolute atomic E-state index is 0.0183. The van der Waals surface area contributed by atoms with Crippen LogP contribution in [0.1, 0.15) is 65.7 Å². The molecule has 2 heteroatoms. The Balaban J connectivity index is 1.55. The van der Waals surface area contributed by atoms with E-state index in [9.17, 15) is 5.11 Å². The summed E-state index contributed by atoms with van der Waals surface area (Å²) in [5.74, 6) is 1.73. The number of hydrogen-bond donors (Lipinski definition) is 2. The van der Waals surface area contributed by atoms with Gasteiger partial charge in [0.25, 0.3) is 0 Å². The van der Waals surface area contributed by atoms with Crippen molar-refractivity contribution in [2.45, 2.75) is 77.9 Å². The molecule has 3 fully saturated rings. The molecule has 0 aliphatic heterocycles. The van der Waals surface area contributed by atoms with Gasteiger partial charge in [-0.05, 0) is 74.2 Å². The molecule has 0 aromatic heterocycles.